The van der Waals surface area contributed by atoms with Gasteiger partial charge in [0.1, 0.15) is 12.4 Å². The third-order valence-electron chi connectivity index (χ3n) is 3.62. The van der Waals surface area contributed by atoms with Crippen molar-refractivity contribution in [2.75, 3.05) is 13.2 Å². The molecule has 0 saturated heterocycles. The molecule has 0 amide bonds. The minimum absolute atomic E-state index is 0.0850. The lowest BCUT2D eigenvalue weighted by Crippen LogP contribution is -2.37. The first-order valence-corrected chi connectivity index (χ1v) is 8.88. The first-order valence-electron chi connectivity index (χ1n) is 7.39. The van der Waals surface area contributed by atoms with Gasteiger partial charge < -0.3 is 10.5 Å². The van der Waals surface area contributed by atoms with Crippen LogP contribution in [0.2, 0.25) is 0 Å². The lowest BCUT2D eigenvalue weighted by atomic mass is 9.96. The Morgan fingerprint density at radius 1 is 1.19 bits per heavy atom. The van der Waals surface area contributed by atoms with E-state index >= 15 is 0 Å². The van der Waals surface area contributed by atoms with Crippen LogP contribution in [0.1, 0.15) is 33.6 Å². The molecule has 0 aliphatic rings. The molecule has 120 valence electrons. The number of benzene rings is 1. The Kier molecular flexibility index (Phi) is 7.14. The summed E-state index contributed by atoms with van der Waals surface area (Å²) in [5.41, 5.74) is 5.35. The molecule has 1 aromatic rings. The predicted octanol–water partition coefficient (Wildman–Crippen LogP) is 2.13. The van der Waals surface area contributed by atoms with Crippen LogP contribution >= 0.6 is 0 Å². The Labute approximate surface area is 127 Å². The molecule has 3 N–H and O–H groups in total. The van der Waals surface area contributed by atoms with Crippen molar-refractivity contribution >= 4 is 10.0 Å². The summed E-state index contributed by atoms with van der Waals surface area (Å²) < 4.78 is 32.7. The minimum atomic E-state index is -3.49. The van der Waals surface area contributed by atoms with Crippen LogP contribution < -0.4 is 15.2 Å². The maximum Gasteiger partial charge on any atom is 0.240 e. The monoisotopic (exact) mass is 314 g/mol. The zero-order valence-corrected chi connectivity index (χ0v) is 13.8. The van der Waals surface area contributed by atoms with E-state index in [2.05, 4.69) is 18.6 Å². The van der Waals surface area contributed by atoms with Crippen LogP contribution in [0, 0.1) is 5.92 Å². The van der Waals surface area contributed by atoms with E-state index in [0.717, 1.165) is 12.8 Å². The van der Waals surface area contributed by atoms with Gasteiger partial charge >= 0.3 is 0 Å². The molecule has 1 rings (SSSR count). The Hall–Kier alpha value is -1.11. The number of hydrogen-bond acceptors (Lipinski definition) is 4. The maximum absolute atomic E-state index is 12.3. The van der Waals surface area contributed by atoms with Gasteiger partial charge in [-0.2, -0.15) is 0 Å². The summed E-state index contributed by atoms with van der Waals surface area (Å²) in [5, 5.41) is 0. The molecule has 0 fully saturated rings. The second kappa shape index (κ2) is 8.36. The summed E-state index contributed by atoms with van der Waals surface area (Å²) in [7, 11) is -3.49. The smallest absolute Gasteiger partial charge is 0.240 e. The molecule has 0 radical (unpaired) electrons. The molecule has 6 heteroatoms. The Balaban J connectivity index is 2.78. The number of hydrogen-bond donors (Lipinski definition) is 2. The molecule has 1 aromatic carbocycles. The summed E-state index contributed by atoms with van der Waals surface area (Å²) >= 11 is 0. The number of nitrogens with two attached hydrogens (primary N) is 1. The molecule has 0 saturated carbocycles. The number of nitrogens with one attached hydrogen (secondary N) is 1. The van der Waals surface area contributed by atoms with Crippen LogP contribution in [-0.2, 0) is 10.0 Å². The van der Waals surface area contributed by atoms with Gasteiger partial charge in [0, 0.05) is 12.6 Å². The maximum atomic E-state index is 12.3. The van der Waals surface area contributed by atoms with Crippen LogP contribution in [0.4, 0.5) is 0 Å². The van der Waals surface area contributed by atoms with E-state index in [9.17, 15) is 8.42 Å². The van der Waals surface area contributed by atoms with Crippen LogP contribution in [0.15, 0.2) is 29.2 Å². The third kappa shape index (κ3) is 5.30. The van der Waals surface area contributed by atoms with Crippen LogP contribution in [0.25, 0.3) is 0 Å². The van der Waals surface area contributed by atoms with Crippen molar-refractivity contribution < 1.29 is 13.2 Å². The molecule has 0 heterocycles. The molecular formula is C15H26N2O3S. The normalized spacial score (nSPS) is 13.4. The lowest BCUT2D eigenvalue weighted by molar-refractivity contribution is 0.328. The van der Waals surface area contributed by atoms with Gasteiger partial charge in [-0.25, -0.2) is 13.1 Å². The summed E-state index contributed by atoms with van der Waals surface area (Å²) in [6.45, 7) is 6.89. The van der Waals surface area contributed by atoms with E-state index in [4.69, 9.17) is 10.5 Å². The zero-order valence-electron chi connectivity index (χ0n) is 13.0. The molecule has 0 aliphatic heterocycles. The van der Waals surface area contributed by atoms with E-state index in [-0.39, 0.29) is 10.9 Å². The Morgan fingerprint density at radius 3 is 2.24 bits per heavy atom. The first kappa shape index (κ1) is 17.9. The zero-order chi connectivity index (χ0) is 15.9. The molecule has 0 spiro atoms. The van der Waals surface area contributed by atoms with Gasteiger partial charge in [0.05, 0.1) is 4.90 Å². The highest BCUT2D eigenvalue weighted by Gasteiger charge is 2.21. The molecule has 0 aromatic heterocycles. The van der Waals surface area contributed by atoms with Gasteiger partial charge in [0.25, 0.3) is 0 Å². The van der Waals surface area contributed by atoms with Crippen LogP contribution in [0.5, 0.6) is 5.75 Å². The largest absolute Gasteiger partial charge is 0.492 e. The fourth-order valence-corrected chi connectivity index (χ4v) is 3.61. The van der Waals surface area contributed by atoms with Crippen molar-refractivity contribution in [3.63, 3.8) is 0 Å². The highest BCUT2D eigenvalue weighted by atomic mass is 32.2. The van der Waals surface area contributed by atoms with Gasteiger partial charge in [-0.05, 0) is 37.1 Å². The number of rotatable bonds is 9. The first-order chi connectivity index (χ1) is 9.94. The molecule has 0 bridgehead atoms. The summed E-state index contributed by atoms with van der Waals surface area (Å²) in [5.74, 6) is 0.958. The van der Waals surface area contributed by atoms with Gasteiger partial charge in [0.2, 0.25) is 10.0 Å². The van der Waals surface area contributed by atoms with Crippen LogP contribution in [-0.4, -0.2) is 27.6 Å². The Bertz CT molecular complexity index is 510. The SMILES string of the molecule is CCC(CC)C(C)NS(=O)(=O)c1ccc(OCCN)cc1. The van der Waals surface area contributed by atoms with Crippen molar-refractivity contribution in [1.29, 1.82) is 0 Å². The van der Waals surface area contributed by atoms with Gasteiger partial charge in [-0.15, -0.1) is 0 Å². The fourth-order valence-electron chi connectivity index (χ4n) is 2.30. The molecule has 0 aliphatic carbocycles. The standard InChI is InChI=1S/C15H26N2O3S/c1-4-13(5-2)12(3)17-21(18,19)15-8-6-14(7-9-15)20-11-10-16/h6-9,12-13,17H,4-5,10-11,16H2,1-3H3. The van der Waals surface area contributed by atoms with Gasteiger partial charge in [0.15, 0.2) is 0 Å². The number of ether oxygens (including phenoxy) is 1. The van der Waals surface area contributed by atoms with Crippen molar-refractivity contribution in [2.45, 2.75) is 44.6 Å². The summed E-state index contributed by atoms with van der Waals surface area (Å²) in [6, 6.07) is 6.30. The second-order valence-electron chi connectivity index (χ2n) is 5.10. The van der Waals surface area contributed by atoms with Crippen LogP contribution in [0.3, 0.4) is 0 Å². The van der Waals surface area contributed by atoms with Gasteiger partial charge in [-0.3, -0.25) is 0 Å². The van der Waals surface area contributed by atoms with Crippen molar-refractivity contribution in [3.05, 3.63) is 24.3 Å². The van der Waals surface area contributed by atoms with Crippen molar-refractivity contribution in [3.8, 4) is 5.75 Å². The second-order valence-corrected chi connectivity index (χ2v) is 6.81. The van der Waals surface area contributed by atoms with E-state index in [1.807, 2.05) is 6.92 Å². The molecule has 1 atom stereocenters. The highest BCUT2D eigenvalue weighted by Crippen LogP contribution is 2.19. The third-order valence-corrected chi connectivity index (χ3v) is 5.19. The average Bonchev–Trinajstić information content (AvgIpc) is 2.46. The van der Waals surface area contributed by atoms with Gasteiger partial charge in [-0.1, -0.05) is 26.7 Å². The quantitative estimate of drug-likeness (QED) is 0.731. The summed E-state index contributed by atoms with van der Waals surface area (Å²) in [4.78, 5) is 0.250. The average molecular weight is 314 g/mol. The van der Waals surface area contributed by atoms with E-state index < -0.39 is 10.0 Å². The molecule has 21 heavy (non-hydrogen) atoms. The van der Waals surface area contributed by atoms with Crippen molar-refractivity contribution in [1.82, 2.24) is 4.72 Å². The number of sulfonamides is 1. The predicted molar refractivity (Wildman–Crippen MR) is 84.8 cm³/mol. The minimum Gasteiger partial charge on any atom is -0.492 e. The molecule has 1 unspecified atom stereocenters. The topological polar surface area (TPSA) is 81.4 Å². The van der Waals surface area contributed by atoms with E-state index in [1.54, 1.807) is 24.3 Å². The van der Waals surface area contributed by atoms with E-state index in [1.165, 1.54) is 0 Å². The highest BCUT2D eigenvalue weighted by molar-refractivity contribution is 7.89. The fraction of sp³-hybridized carbons (Fsp3) is 0.600. The van der Waals surface area contributed by atoms with Crippen molar-refractivity contribution in [2.24, 2.45) is 11.7 Å². The lowest BCUT2D eigenvalue weighted by Gasteiger charge is -2.22. The molecular weight excluding hydrogens is 288 g/mol. The summed E-state index contributed by atoms with van der Waals surface area (Å²) in [6.07, 6.45) is 1.90. The Morgan fingerprint density at radius 2 is 1.76 bits per heavy atom. The van der Waals surface area contributed by atoms with E-state index in [0.29, 0.717) is 24.8 Å². The molecule has 5 nitrogen and oxygen atoms in total.